The Bertz CT molecular complexity index is 1230. The van der Waals surface area contributed by atoms with Crippen molar-refractivity contribution in [2.24, 2.45) is 5.14 Å². The van der Waals surface area contributed by atoms with Crippen LogP contribution in [0.2, 0.25) is 0 Å². The van der Waals surface area contributed by atoms with Crippen LogP contribution in [-0.4, -0.2) is 29.4 Å². The third-order valence-corrected chi connectivity index (χ3v) is 5.74. The molecule has 3 N–H and O–H groups in total. The van der Waals surface area contributed by atoms with Gasteiger partial charge in [-0.05, 0) is 48.9 Å². The standard InChI is InChI=1S/C18H15N5O5S/c1-10-15-16(21-20-10)18(24)22(12-6-8-14(9-7-12)29(19,27)28)17(15)11-2-4-13(5-3-11)23(25)26/h2-9,17H,1H3,(H,20,21)(H2,19,27,28). The molecule has 0 saturated carbocycles. The number of nitrogens with two attached hydrogens (primary N) is 1. The van der Waals surface area contributed by atoms with Gasteiger partial charge in [0.1, 0.15) is 0 Å². The zero-order valence-electron chi connectivity index (χ0n) is 15.1. The number of benzene rings is 2. The number of amides is 1. The minimum atomic E-state index is -3.87. The van der Waals surface area contributed by atoms with Gasteiger partial charge in [-0.25, -0.2) is 13.6 Å². The molecular formula is C18H15N5O5S. The van der Waals surface area contributed by atoms with Gasteiger partial charge < -0.3 is 0 Å². The lowest BCUT2D eigenvalue weighted by molar-refractivity contribution is -0.384. The molecule has 3 aromatic rings. The van der Waals surface area contributed by atoms with Crippen molar-refractivity contribution in [2.45, 2.75) is 17.9 Å². The second-order valence-electron chi connectivity index (χ2n) is 6.58. The van der Waals surface area contributed by atoms with Gasteiger partial charge in [0, 0.05) is 29.1 Å². The fourth-order valence-corrected chi connectivity index (χ4v) is 3.97. The summed E-state index contributed by atoms with van der Waals surface area (Å²) >= 11 is 0. The minimum absolute atomic E-state index is 0.0636. The molecule has 148 valence electrons. The van der Waals surface area contributed by atoms with Crippen LogP contribution in [0, 0.1) is 17.0 Å². The predicted molar refractivity (Wildman–Crippen MR) is 103 cm³/mol. The zero-order chi connectivity index (χ0) is 20.9. The van der Waals surface area contributed by atoms with E-state index in [1.807, 2.05) is 0 Å². The first kappa shape index (κ1) is 18.8. The highest BCUT2D eigenvalue weighted by atomic mass is 32.2. The number of fused-ring (bicyclic) bond motifs is 1. The molecule has 1 amide bonds. The number of nitrogens with one attached hydrogen (secondary N) is 1. The Hall–Kier alpha value is -3.57. The molecule has 0 radical (unpaired) electrons. The van der Waals surface area contributed by atoms with E-state index in [0.29, 0.717) is 22.5 Å². The van der Waals surface area contributed by atoms with E-state index in [0.717, 1.165) is 0 Å². The van der Waals surface area contributed by atoms with E-state index in [4.69, 9.17) is 5.14 Å². The van der Waals surface area contributed by atoms with Gasteiger partial charge in [0.25, 0.3) is 11.6 Å². The number of aromatic nitrogens is 2. The number of hydrogen-bond acceptors (Lipinski definition) is 6. The van der Waals surface area contributed by atoms with Gasteiger partial charge in [-0.15, -0.1) is 0 Å². The fourth-order valence-electron chi connectivity index (χ4n) is 3.45. The van der Waals surface area contributed by atoms with Gasteiger partial charge >= 0.3 is 0 Å². The maximum Gasteiger partial charge on any atom is 0.279 e. The number of rotatable bonds is 4. The number of primary sulfonamides is 1. The monoisotopic (exact) mass is 413 g/mol. The third-order valence-electron chi connectivity index (χ3n) is 4.81. The minimum Gasteiger partial charge on any atom is -0.295 e. The highest BCUT2D eigenvalue weighted by Crippen LogP contribution is 2.42. The molecule has 11 heteroatoms. The Morgan fingerprint density at radius 2 is 1.76 bits per heavy atom. The number of non-ortho nitro benzene ring substituents is 1. The summed E-state index contributed by atoms with van der Waals surface area (Å²) in [6.07, 6.45) is 0. The Morgan fingerprint density at radius 1 is 1.14 bits per heavy atom. The summed E-state index contributed by atoms with van der Waals surface area (Å²) in [6.45, 7) is 1.78. The van der Waals surface area contributed by atoms with Crippen molar-refractivity contribution in [3.63, 3.8) is 0 Å². The third kappa shape index (κ3) is 3.05. The molecular weight excluding hydrogens is 398 g/mol. The van der Waals surface area contributed by atoms with E-state index < -0.39 is 21.0 Å². The van der Waals surface area contributed by atoms with Crippen LogP contribution < -0.4 is 10.0 Å². The topological polar surface area (TPSA) is 152 Å². The number of carbonyl (C=O) groups is 1. The number of carbonyl (C=O) groups excluding carboxylic acids is 1. The SMILES string of the molecule is Cc1[nH]nc2c1C(c1ccc([N+](=O)[O-])cc1)N(c1ccc(S(N)(=O)=O)cc1)C2=O. The molecule has 2 heterocycles. The van der Waals surface area contributed by atoms with Gasteiger partial charge in [-0.2, -0.15) is 5.10 Å². The van der Waals surface area contributed by atoms with Gasteiger partial charge in [0.2, 0.25) is 10.0 Å². The normalized spacial score (nSPS) is 16.1. The maximum atomic E-state index is 13.0. The van der Waals surface area contributed by atoms with Crippen molar-refractivity contribution in [3.05, 3.63) is 81.2 Å². The molecule has 1 atom stereocenters. The number of aromatic amines is 1. The van der Waals surface area contributed by atoms with Crippen LogP contribution in [0.1, 0.15) is 33.4 Å². The summed E-state index contributed by atoms with van der Waals surface area (Å²) < 4.78 is 23.0. The van der Waals surface area contributed by atoms with Crippen molar-refractivity contribution in [3.8, 4) is 0 Å². The molecule has 1 aliphatic heterocycles. The van der Waals surface area contributed by atoms with Crippen molar-refractivity contribution in [2.75, 3.05) is 4.90 Å². The number of nitro benzene ring substituents is 1. The molecule has 0 saturated heterocycles. The van der Waals surface area contributed by atoms with Crippen molar-refractivity contribution in [1.29, 1.82) is 0 Å². The van der Waals surface area contributed by atoms with Crippen LogP contribution in [0.25, 0.3) is 0 Å². The number of sulfonamides is 1. The van der Waals surface area contributed by atoms with Crippen LogP contribution in [-0.2, 0) is 10.0 Å². The smallest absolute Gasteiger partial charge is 0.279 e. The second-order valence-corrected chi connectivity index (χ2v) is 8.14. The molecule has 4 rings (SSSR count). The average molecular weight is 413 g/mol. The highest BCUT2D eigenvalue weighted by molar-refractivity contribution is 7.89. The first-order chi connectivity index (χ1) is 13.7. The Labute approximate surface area is 165 Å². The van der Waals surface area contributed by atoms with Crippen LogP contribution in [0.15, 0.2) is 53.4 Å². The number of hydrogen-bond donors (Lipinski definition) is 2. The Balaban J connectivity index is 1.83. The fraction of sp³-hybridized carbons (Fsp3) is 0.111. The van der Waals surface area contributed by atoms with Crippen molar-refractivity contribution in [1.82, 2.24) is 10.2 Å². The lowest BCUT2D eigenvalue weighted by Gasteiger charge is -2.26. The molecule has 2 aromatic carbocycles. The summed E-state index contributed by atoms with van der Waals surface area (Å²) in [4.78, 5) is 24.9. The Morgan fingerprint density at radius 3 is 2.31 bits per heavy atom. The first-order valence-electron chi connectivity index (χ1n) is 8.44. The summed E-state index contributed by atoms with van der Waals surface area (Å²) in [6, 6.07) is 11.0. The van der Waals surface area contributed by atoms with Crippen molar-refractivity contribution >= 4 is 27.3 Å². The molecule has 0 aliphatic carbocycles. The van der Waals surface area contributed by atoms with E-state index >= 15 is 0 Å². The van der Waals surface area contributed by atoms with Gasteiger partial charge in [-0.3, -0.25) is 24.9 Å². The lowest BCUT2D eigenvalue weighted by atomic mass is 9.98. The molecule has 1 aromatic heterocycles. The molecule has 0 bridgehead atoms. The largest absolute Gasteiger partial charge is 0.295 e. The Kier molecular flexibility index (Phi) is 4.21. The summed E-state index contributed by atoms with van der Waals surface area (Å²) in [5.74, 6) is -0.365. The molecule has 29 heavy (non-hydrogen) atoms. The average Bonchev–Trinajstić information content (AvgIpc) is 3.19. The van der Waals surface area contributed by atoms with E-state index in [9.17, 15) is 23.3 Å². The van der Waals surface area contributed by atoms with Gasteiger partial charge in [0.15, 0.2) is 5.69 Å². The number of anilines is 1. The molecule has 1 aliphatic rings. The maximum absolute atomic E-state index is 13.0. The van der Waals surface area contributed by atoms with E-state index in [1.165, 1.54) is 41.3 Å². The lowest BCUT2D eigenvalue weighted by Crippen LogP contribution is -2.29. The zero-order valence-corrected chi connectivity index (χ0v) is 15.9. The molecule has 0 spiro atoms. The van der Waals surface area contributed by atoms with E-state index in [1.54, 1.807) is 19.1 Å². The second kappa shape index (κ2) is 6.50. The number of aryl methyl sites for hydroxylation is 1. The van der Waals surface area contributed by atoms with Crippen molar-refractivity contribution < 1.29 is 18.1 Å². The molecule has 0 fully saturated rings. The van der Waals surface area contributed by atoms with Crippen LogP contribution in [0.5, 0.6) is 0 Å². The van der Waals surface area contributed by atoms with Crippen LogP contribution in [0.3, 0.4) is 0 Å². The van der Waals surface area contributed by atoms with Crippen LogP contribution in [0.4, 0.5) is 11.4 Å². The number of nitrogens with zero attached hydrogens (tertiary/aromatic N) is 3. The first-order valence-corrected chi connectivity index (χ1v) is 9.99. The predicted octanol–water partition coefficient (Wildman–Crippen LogP) is 2.02. The number of H-pyrrole nitrogens is 1. The molecule has 10 nitrogen and oxygen atoms in total. The summed E-state index contributed by atoms with van der Waals surface area (Å²) in [7, 11) is -3.87. The summed E-state index contributed by atoms with van der Waals surface area (Å²) in [5, 5.41) is 23.0. The van der Waals surface area contributed by atoms with E-state index in [2.05, 4.69) is 10.2 Å². The van der Waals surface area contributed by atoms with Gasteiger partial charge in [-0.1, -0.05) is 0 Å². The molecule has 1 unspecified atom stereocenters. The highest BCUT2D eigenvalue weighted by Gasteiger charge is 2.42. The van der Waals surface area contributed by atoms with Gasteiger partial charge in [0.05, 0.1) is 15.9 Å². The number of nitro groups is 1. The summed E-state index contributed by atoms with van der Waals surface area (Å²) in [5.41, 5.74) is 2.65. The van der Waals surface area contributed by atoms with Crippen LogP contribution >= 0.6 is 0 Å². The quantitative estimate of drug-likeness (QED) is 0.493. The van der Waals surface area contributed by atoms with E-state index in [-0.39, 0.29) is 22.2 Å².